The van der Waals surface area contributed by atoms with Gasteiger partial charge in [-0.15, -0.1) is 0 Å². The normalized spacial score (nSPS) is 15.1. The lowest BCUT2D eigenvalue weighted by Gasteiger charge is -2.26. The Morgan fingerprint density at radius 2 is 2.00 bits per heavy atom. The van der Waals surface area contributed by atoms with Crippen LogP contribution in [0.15, 0.2) is 42.6 Å². The number of hydrogen-bond donors (Lipinski definition) is 2. The molecule has 0 unspecified atom stereocenters. The number of hydrogen-bond acceptors (Lipinski definition) is 4. The van der Waals surface area contributed by atoms with Crippen LogP contribution < -0.4 is 5.32 Å². The Bertz CT molecular complexity index is 914. The highest BCUT2D eigenvalue weighted by Gasteiger charge is 2.11. The molecular formula is C21H25N5O. The van der Waals surface area contributed by atoms with Crippen molar-refractivity contribution >= 4 is 22.6 Å². The Labute approximate surface area is 159 Å². The Hall–Kier alpha value is -2.73. The van der Waals surface area contributed by atoms with Crippen LogP contribution in [0.4, 0.5) is 5.82 Å². The van der Waals surface area contributed by atoms with E-state index in [1.165, 1.54) is 32.4 Å². The molecule has 2 N–H and O–H groups in total. The Morgan fingerprint density at radius 3 is 2.89 bits per heavy atom. The summed E-state index contributed by atoms with van der Waals surface area (Å²) in [5.41, 5.74) is 2.66. The number of amides is 1. The van der Waals surface area contributed by atoms with Crippen LogP contribution in [0.3, 0.4) is 0 Å². The summed E-state index contributed by atoms with van der Waals surface area (Å²) in [7, 11) is 0. The molecule has 0 atom stereocenters. The number of anilines is 1. The number of benzene rings is 1. The van der Waals surface area contributed by atoms with Gasteiger partial charge in [-0.25, -0.2) is 0 Å². The number of carbonyl (C=O) groups excluding carboxylic acids is 1. The molecule has 1 aromatic carbocycles. The van der Waals surface area contributed by atoms with E-state index < -0.39 is 0 Å². The van der Waals surface area contributed by atoms with E-state index in [2.05, 4.69) is 31.5 Å². The number of pyridine rings is 1. The molecule has 1 fully saturated rings. The minimum atomic E-state index is 0.0267. The first kappa shape index (κ1) is 17.7. The largest absolute Gasteiger partial charge is 0.311 e. The van der Waals surface area contributed by atoms with Gasteiger partial charge in [-0.3, -0.25) is 14.9 Å². The van der Waals surface area contributed by atoms with Gasteiger partial charge in [0.2, 0.25) is 5.91 Å². The van der Waals surface area contributed by atoms with Crippen molar-refractivity contribution < 1.29 is 4.79 Å². The lowest BCUT2D eigenvalue weighted by molar-refractivity contribution is -0.116. The Balaban J connectivity index is 1.32. The molecule has 6 heteroatoms. The zero-order valence-electron chi connectivity index (χ0n) is 15.4. The number of piperidine rings is 1. The van der Waals surface area contributed by atoms with E-state index in [9.17, 15) is 4.79 Å². The van der Waals surface area contributed by atoms with Gasteiger partial charge in [0.05, 0.1) is 11.2 Å². The molecule has 3 heterocycles. The average molecular weight is 363 g/mol. The fourth-order valence-corrected chi connectivity index (χ4v) is 3.60. The van der Waals surface area contributed by atoms with Gasteiger partial charge < -0.3 is 10.2 Å². The number of nitrogens with zero attached hydrogens (tertiary/aromatic N) is 3. The predicted molar refractivity (Wildman–Crippen MR) is 107 cm³/mol. The summed E-state index contributed by atoms with van der Waals surface area (Å²) in [6.07, 6.45) is 7.14. The molecular weight excluding hydrogens is 338 g/mol. The minimum absolute atomic E-state index is 0.0267. The first-order valence-electron chi connectivity index (χ1n) is 9.71. The van der Waals surface area contributed by atoms with Crippen LogP contribution in [-0.2, 0) is 4.79 Å². The van der Waals surface area contributed by atoms with E-state index in [-0.39, 0.29) is 5.91 Å². The number of carbonyl (C=O) groups is 1. The van der Waals surface area contributed by atoms with Crippen molar-refractivity contribution in [3.05, 3.63) is 42.6 Å². The van der Waals surface area contributed by atoms with E-state index in [1.807, 2.05) is 36.5 Å². The monoisotopic (exact) mass is 363 g/mol. The molecule has 4 rings (SSSR count). The lowest BCUT2D eigenvalue weighted by Crippen LogP contribution is -2.31. The van der Waals surface area contributed by atoms with Crippen LogP contribution in [0.25, 0.3) is 22.2 Å². The molecule has 1 aliphatic rings. The van der Waals surface area contributed by atoms with Crippen LogP contribution in [0.2, 0.25) is 0 Å². The van der Waals surface area contributed by atoms with E-state index in [1.54, 1.807) is 0 Å². The number of para-hydroxylation sites is 1. The third-order valence-corrected chi connectivity index (χ3v) is 5.07. The summed E-state index contributed by atoms with van der Waals surface area (Å²) in [5.74, 6) is 0.653. The second-order valence-corrected chi connectivity index (χ2v) is 7.14. The third-order valence-electron chi connectivity index (χ3n) is 5.07. The molecule has 2 aromatic heterocycles. The maximum absolute atomic E-state index is 12.2. The quantitative estimate of drug-likeness (QED) is 0.698. The SMILES string of the molecule is O=C(CCCN1CCCCC1)Nc1cc(-c2cnc3ccccc3c2)n[nH]1. The second-order valence-electron chi connectivity index (χ2n) is 7.14. The number of aromatic amines is 1. The van der Waals surface area contributed by atoms with Gasteiger partial charge in [-0.2, -0.15) is 5.10 Å². The number of H-pyrrole nitrogens is 1. The zero-order chi connectivity index (χ0) is 18.5. The van der Waals surface area contributed by atoms with Gasteiger partial charge in [-0.1, -0.05) is 24.6 Å². The molecule has 0 bridgehead atoms. The highest BCUT2D eigenvalue weighted by molar-refractivity contribution is 5.90. The van der Waals surface area contributed by atoms with Crippen LogP contribution in [-0.4, -0.2) is 45.6 Å². The van der Waals surface area contributed by atoms with Crippen molar-refractivity contribution in [1.82, 2.24) is 20.1 Å². The first-order chi connectivity index (χ1) is 13.3. The molecule has 3 aromatic rings. The van der Waals surface area contributed by atoms with Crippen molar-refractivity contribution in [1.29, 1.82) is 0 Å². The fourth-order valence-electron chi connectivity index (χ4n) is 3.60. The molecule has 140 valence electrons. The van der Waals surface area contributed by atoms with Crippen molar-refractivity contribution in [2.24, 2.45) is 0 Å². The zero-order valence-corrected chi connectivity index (χ0v) is 15.4. The average Bonchev–Trinajstić information content (AvgIpc) is 3.17. The number of fused-ring (bicyclic) bond motifs is 1. The predicted octanol–water partition coefficient (Wildman–Crippen LogP) is 3.83. The molecule has 6 nitrogen and oxygen atoms in total. The lowest BCUT2D eigenvalue weighted by atomic mass is 10.1. The van der Waals surface area contributed by atoms with E-state index >= 15 is 0 Å². The summed E-state index contributed by atoms with van der Waals surface area (Å²) in [4.78, 5) is 19.1. The standard InChI is InChI=1S/C21H25N5O/c27-21(9-6-12-26-10-4-1-5-11-26)23-20-14-19(24-25-20)17-13-16-7-2-3-8-18(16)22-15-17/h2-3,7-8,13-15H,1,4-6,9-12H2,(H2,23,24,25,27). The number of rotatable bonds is 6. The first-order valence-corrected chi connectivity index (χ1v) is 9.71. The van der Waals surface area contributed by atoms with Gasteiger partial charge in [0.15, 0.2) is 0 Å². The van der Waals surface area contributed by atoms with Crippen molar-refractivity contribution in [2.75, 3.05) is 25.0 Å². The number of aromatic nitrogens is 3. The highest BCUT2D eigenvalue weighted by atomic mass is 16.1. The van der Waals surface area contributed by atoms with E-state index in [4.69, 9.17) is 0 Å². The topological polar surface area (TPSA) is 73.9 Å². The molecule has 0 aliphatic carbocycles. The molecule has 0 spiro atoms. The number of nitrogens with one attached hydrogen (secondary N) is 2. The summed E-state index contributed by atoms with van der Waals surface area (Å²) in [5, 5.41) is 11.2. The van der Waals surface area contributed by atoms with Gasteiger partial charge in [0.25, 0.3) is 0 Å². The van der Waals surface area contributed by atoms with E-state index in [0.29, 0.717) is 12.2 Å². The fraction of sp³-hybridized carbons (Fsp3) is 0.381. The Morgan fingerprint density at radius 1 is 1.15 bits per heavy atom. The summed E-state index contributed by atoms with van der Waals surface area (Å²) in [6.45, 7) is 3.35. The number of likely N-dealkylation sites (tertiary alicyclic amines) is 1. The third kappa shape index (κ3) is 4.52. The molecule has 0 radical (unpaired) electrons. The van der Waals surface area contributed by atoms with Crippen molar-refractivity contribution in [3.63, 3.8) is 0 Å². The van der Waals surface area contributed by atoms with E-state index in [0.717, 1.165) is 35.1 Å². The minimum Gasteiger partial charge on any atom is -0.311 e. The summed E-state index contributed by atoms with van der Waals surface area (Å²) >= 11 is 0. The van der Waals surface area contributed by atoms with Crippen LogP contribution in [0.1, 0.15) is 32.1 Å². The van der Waals surface area contributed by atoms with Crippen LogP contribution in [0, 0.1) is 0 Å². The summed E-state index contributed by atoms with van der Waals surface area (Å²) in [6, 6.07) is 11.9. The maximum atomic E-state index is 12.2. The van der Waals surface area contributed by atoms with Gasteiger partial charge in [-0.05, 0) is 51.0 Å². The highest BCUT2D eigenvalue weighted by Crippen LogP contribution is 2.23. The van der Waals surface area contributed by atoms with Gasteiger partial charge in [0.1, 0.15) is 5.82 Å². The van der Waals surface area contributed by atoms with Crippen LogP contribution >= 0.6 is 0 Å². The van der Waals surface area contributed by atoms with Gasteiger partial charge >= 0.3 is 0 Å². The van der Waals surface area contributed by atoms with Crippen LogP contribution in [0.5, 0.6) is 0 Å². The summed E-state index contributed by atoms with van der Waals surface area (Å²) < 4.78 is 0. The van der Waals surface area contributed by atoms with Gasteiger partial charge in [0, 0.05) is 29.6 Å². The molecule has 1 aliphatic heterocycles. The van der Waals surface area contributed by atoms with Crippen molar-refractivity contribution in [2.45, 2.75) is 32.1 Å². The molecule has 1 amide bonds. The maximum Gasteiger partial charge on any atom is 0.225 e. The second kappa shape index (κ2) is 8.31. The molecule has 0 saturated carbocycles. The smallest absolute Gasteiger partial charge is 0.225 e. The van der Waals surface area contributed by atoms with Crippen molar-refractivity contribution in [3.8, 4) is 11.3 Å². The Kier molecular flexibility index (Phi) is 5.44. The molecule has 1 saturated heterocycles. The molecule has 27 heavy (non-hydrogen) atoms.